The lowest BCUT2D eigenvalue weighted by molar-refractivity contribution is 0.103. The van der Waals surface area contributed by atoms with Crippen molar-refractivity contribution in [3.8, 4) is 5.75 Å². The van der Waals surface area contributed by atoms with Gasteiger partial charge in [0, 0.05) is 23.3 Å². The van der Waals surface area contributed by atoms with Gasteiger partial charge >= 0.3 is 0 Å². The lowest BCUT2D eigenvalue weighted by atomic mass is 9.86. The molecule has 3 nitrogen and oxygen atoms in total. The van der Waals surface area contributed by atoms with Crippen LogP contribution in [0.2, 0.25) is 0 Å². The molecule has 1 N–H and O–H groups in total. The Morgan fingerprint density at radius 3 is 2.43 bits per heavy atom. The number of fused-ring (bicyclic) bond motifs is 1. The number of ether oxygens (including phenoxy) is 1. The van der Waals surface area contributed by atoms with Crippen LogP contribution in [0.3, 0.4) is 0 Å². The van der Waals surface area contributed by atoms with Crippen molar-refractivity contribution in [3.05, 3.63) is 72.1 Å². The Morgan fingerprint density at radius 2 is 1.71 bits per heavy atom. The van der Waals surface area contributed by atoms with E-state index in [9.17, 15) is 5.11 Å². The third-order valence-corrected chi connectivity index (χ3v) is 3.84. The Kier molecular flexibility index (Phi) is 3.35. The fourth-order valence-electron chi connectivity index (χ4n) is 2.58. The fraction of sp³-hybridized carbons (Fsp3) is 0.167. The number of benzene rings is 2. The molecule has 0 fully saturated rings. The Morgan fingerprint density at radius 1 is 1.00 bits per heavy atom. The third kappa shape index (κ3) is 2.36. The van der Waals surface area contributed by atoms with E-state index in [0.717, 1.165) is 27.6 Å². The Labute approximate surface area is 123 Å². The van der Waals surface area contributed by atoms with Gasteiger partial charge in [-0.25, -0.2) is 0 Å². The van der Waals surface area contributed by atoms with E-state index in [2.05, 4.69) is 4.98 Å². The van der Waals surface area contributed by atoms with E-state index in [1.807, 2.05) is 54.7 Å². The normalized spacial score (nSPS) is 13.9. The molecule has 0 aliphatic carbocycles. The van der Waals surface area contributed by atoms with E-state index >= 15 is 0 Å². The predicted molar refractivity (Wildman–Crippen MR) is 83.4 cm³/mol. The summed E-state index contributed by atoms with van der Waals surface area (Å²) in [5.74, 6) is 0.769. The van der Waals surface area contributed by atoms with Gasteiger partial charge in [0.05, 0.1) is 7.11 Å². The Hall–Kier alpha value is -2.39. The third-order valence-electron chi connectivity index (χ3n) is 3.84. The molecule has 0 aliphatic heterocycles. The van der Waals surface area contributed by atoms with Crippen molar-refractivity contribution in [1.29, 1.82) is 0 Å². The molecule has 0 saturated carbocycles. The summed E-state index contributed by atoms with van der Waals surface area (Å²) in [7, 11) is 1.63. The molecule has 0 aliphatic rings. The van der Waals surface area contributed by atoms with Crippen LogP contribution in [0.25, 0.3) is 10.8 Å². The van der Waals surface area contributed by atoms with Gasteiger partial charge < -0.3 is 9.84 Å². The van der Waals surface area contributed by atoms with Crippen molar-refractivity contribution < 1.29 is 9.84 Å². The lowest BCUT2D eigenvalue weighted by Gasteiger charge is -2.25. The largest absolute Gasteiger partial charge is 0.497 e. The molecule has 3 heteroatoms. The molecule has 0 bridgehead atoms. The zero-order chi connectivity index (χ0) is 14.9. The number of hydrogen-bond acceptors (Lipinski definition) is 3. The first-order valence-electron chi connectivity index (χ1n) is 6.83. The van der Waals surface area contributed by atoms with Crippen LogP contribution in [0.5, 0.6) is 5.75 Å². The van der Waals surface area contributed by atoms with Crippen molar-refractivity contribution in [1.82, 2.24) is 4.98 Å². The number of nitrogens with zero attached hydrogens (tertiary/aromatic N) is 1. The molecule has 0 saturated heterocycles. The van der Waals surface area contributed by atoms with E-state index in [-0.39, 0.29) is 0 Å². The number of rotatable bonds is 3. The average molecular weight is 279 g/mol. The first-order valence-corrected chi connectivity index (χ1v) is 6.83. The summed E-state index contributed by atoms with van der Waals surface area (Å²) in [6, 6.07) is 15.4. The Balaban J connectivity index is 2.14. The van der Waals surface area contributed by atoms with Crippen LogP contribution < -0.4 is 4.74 Å². The predicted octanol–water partition coefficient (Wildman–Crippen LogP) is 3.50. The second-order valence-corrected chi connectivity index (χ2v) is 5.21. The molecule has 1 aromatic heterocycles. The zero-order valence-electron chi connectivity index (χ0n) is 12.1. The minimum absolute atomic E-state index is 0.769. The minimum Gasteiger partial charge on any atom is -0.497 e. The van der Waals surface area contributed by atoms with Gasteiger partial charge in [-0.15, -0.1) is 0 Å². The van der Waals surface area contributed by atoms with E-state index in [4.69, 9.17) is 4.74 Å². The van der Waals surface area contributed by atoms with Gasteiger partial charge in [-0.3, -0.25) is 4.98 Å². The maximum Gasteiger partial charge on any atom is 0.118 e. The number of methoxy groups -OCH3 is 1. The zero-order valence-corrected chi connectivity index (χ0v) is 12.1. The summed E-state index contributed by atoms with van der Waals surface area (Å²) in [4.78, 5) is 4.25. The van der Waals surface area contributed by atoms with Gasteiger partial charge in [0.2, 0.25) is 0 Å². The highest BCUT2D eigenvalue weighted by Gasteiger charge is 2.27. The summed E-state index contributed by atoms with van der Waals surface area (Å²) in [5, 5.41) is 13.1. The molecular formula is C18H17NO2. The van der Waals surface area contributed by atoms with Gasteiger partial charge in [-0.2, -0.15) is 0 Å². The highest BCUT2D eigenvalue weighted by molar-refractivity contribution is 5.85. The molecule has 1 unspecified atom stereocenters. The second-order valence-electron chi connectivity index (χ2n) is 5.21. The fourth-order valence-corrected chi connectivity index (χ4v) is 2.58. The maximum atomic E-state index is 11.0. The highest BCUT2D eigenvalue weighted by atomic mass is 16.5. The van der Waals surface area contributed by atoms with Crippen LogP contribution in [0.4, 0.5) is 0 Å². The topological polar surface area (TPSA) is 42.4 Å². The molecule has 3 rings (SSSR count). The molecule has 1 atom stereocenters. The molecule has 106 valence electrons. The second kappa shape index (κ2) is 5.19. The van der Waals surface area contributed by atoms with Gasteiger partial charge in [-0.05, 0) is 30.0 Å². The summed E-state index contributed by atoms with van der Waals surface area (Å²) in [6.45, 7) is 1.79. The summed E-state index contributed by atoms with van der Waals surface area (Å²) >= 11 is 0. The van der Waals surface area contributed by atoms with Gasteiger partial charge in [0.25, 0.3) is 0 Å². The van der Waals surface area contributed by atoms with Crippen LogP contribution >= 0.6 is 0 Å². The molecule has 0 amide bonds. The maximum absolute atomic E-state index is 11.0. The molecule has 21 heavy (non-hydrogen) atoms. The van der Waals surface area contributed by atoms with E-state index in [1.54, 1.807) is 20.2 Å². The van der Waals surface area contributed by atoms with Crippen molar-refractivity contribution >= 4 is 10.8 Å². The van der Waals surface area contributed by atoms with E-state index in [0.29, 0.717) is 0 Å². The standard InChI is InChI=1S/C18H17NO2/c1-18(20,14-7-9-15(21-2)10-8-14)17-12-19-11-13-5-3-4-6-16(13)17/h3-12,20H,1-2H3. The quantitative estimate of drug-likeness (QED) is 0.798. The van der Waals surface area contributed by atoms with Crippen molar-refractivity contribution in [2.75, 3.05) is 7.11 Å². The highest BCUT2D eigenvalue weighted by Crippen LogP contribution is 2.34. The molecular weight excluding hydrogens is 262 g/mol. The van der Waals surface area contributed by atoms with Crippen LogP contribution in [0, 0.1) is 0 Å². The molecule has 3 aromatic rings. The van der Waals surface area contributed by atoms with Gasteiger partial charge in [0.1, 0.15) is 11.4 Å². The molecule has 0 spiro atoms. The number of aromatic nitrogens is 1. The molecule has 1 heterocycles. The van der Waals surface area contributed by atoms with Crippen molar-refractivity contribution in [2.24, 2.45) is 0 Å². The van der Waals surface area contributed by atoms with Gasteiger partial charge in [0.15, 0.2) is 0 Å². The van der Waals surface area contributed by atoms with Crippen LogP contribution in [0.1, 0.15) is 18.1 Å². The van der Waals surface area contributed by atoms with E-state index in [1.165, 1.54) is 0 Å². The minimum atomic E-state index is -1.11. The summed E-state index contributed by atoms with van der Waals surface area (Å²) in [5.41, 5.74) is 0.493. The Bertz CT molecular complexity index is 758. The van der Waals surface area contributed by atoms with Crippen LogP contribution in [-0.4, -0.2) is 17.2 Å². The SMILES string of the molecule is COc1ccc(C(C)(O)c2cncc3ccccc23)cc1. The molecule has 0 radical (unpaired) electrons. The number of pyridine rings is 1. The van der Waals surface area contributed by atoms with Gasteiger partial charge in [-0.1, -0.05) is 36.4 Å². The summed E-state index contributed by atoms with van der Waals surface area (Å²) < 4.78 is 5.16. The number of aliphatic hydroxyl groups is 1. The van der Waals surface area contributed by atoms with Crippen molar-refractivity contribution in [3.63, 3.8) is 0 Å². The molecule has 2 aromatic carbocycles. The number of hydrogen-bond donors (Lipinski definition) is 1. The summed E-state index contributed by atoms with van der Waals surface area (Å²) in [6.07, 6.45) is 3.54. The monoisotopic (exact) mass is 279 g/mol. The smallest absolute Gasteiger partial charge is 0.118 e. The van der Waals surface area contributed by atoms with E-state index < -0.39 is 5.60 Å². The lowest BCUT2D eigenvalue weighted by Crippen LogP contribution is -2.23. The van der Waals surface area contributed by atoms with Crippen LogP contribution in [-0.2, 0) is 5.60 Å². The van der Waals surface area contributed by atoms with Crippen molar-refractivity contribution in [2.45, 2.75) is 12.5 Å². The average Bonchev–Trinajstić information content (AvgIpc) is 2.54. The first-order chi connectivity index (χ1) is 10.1. The van der Waals surface area contributed by atoms with Crippen LogP contribution in [0.15, 0.2) is 60.9 Å². The first kappa shape index (κ1) is 13.6.